The number of benzene rings is 1. The van der Waals surface area contributed by atoms with Crippen LogP contribution in [-0.4, -0.2) is 106 Å². The largest absolute Gasteiger partial charge is 0.495 e. The summed E-state index contributed by atoms with van der Waals surface area (Å²) in [6.45, 7) is 7.70. The average Bonchev–Trinajstić information content (AvgIpc) is 4.03. The third-order valence-electron chi connectivity index (χ3n) is 13.0. The van der Waals surface area contributed by atoms with Crippen molar-refractivity contribution < 1.29 is 51.0 Å². The van der Waals surface area contributed by atoms with Gasteiger partial charge in [0.15, 0.2) is 0 Å². The van der Waals surface area contributed by atoms with Crippen LogP contribution in [0.5, 0.6) is 11.6 Å². The van der Waals surface area contributed by atoms with Crippen LogP contribution in [0.1, 0.15) is 92.9 Å². The van der Waals surface area contributed by atoms with Gasteiger partial charge in [-0.3, -0.25) is 24.0 Å². The third kappa shape index (κ3) is 8.42. The zero-order valence-electron chi connectivity index (χ0n) is 34.4. The number of aromatic nitrogens is 1. The molecule has 6 rings (SSSR count). The Labute approximate surface area is 348 Å². The van der Waals surface area contributed by atoms with Gasteiger partial charge in [0.1, 0.15) is 35.0 Å². The topological polar surface area (TPSA) is 185 Å². The summed E-state index contributed by atoms with van der Waals surface area (Å²) in [6, 6.07) is 1.95. The van der Waals surface area contributed by atoms with E-state index in [1.807, 2.05) is 13.0 Å². The van der Waals surface area contributed by atoms with Crippen molar-refractivity contribution in [1.29, 1.82) is 0 Å². The lowest BCUT2D eigenvalue weighted by atomic mass is 9.81. The van der Waals surface area contributed by atoms with Crippen molar-refractivity contribution in [2.24, 2.45) is 17.8 Å². The van der Waals surface area contributed by atoms with Crippen molar-refractivity contribution in [3.63, 3.8) is 0 Å². The molecule has 3 fully saturated rings. The number of allylic oxidation sites excluding steroid dienone is 1. The average molecular weight is 866 g/mol. The Morgan fingerprint density at radius 2 is 1.88 bits per heavy atom. The van der Waals surface area contributed by atoms with Crippen molar-refractivity contribution in [3.8, 4) is 11.6 Å². The first-order valence-electron chi connectivity index (χ1n) is 20.0. The van der Waals surface area contributed by atoms with E-state index in [4.69, 9.17) is 21.1 Å². The Balaban J connectivity index is 1.44. The number of pyridine rings is 1. The zero-order chi connectivity index (χ0) is 43.5. The molecule has 2 aromatic rings. The van der Waals surface area contributed by atoms with Crippen molar-refractivity contribution >= 4 is 56.2 Å². The number of carboxylic acid groups (broad SMARTS) is 1. The van der Waals surface area contributed by atoms with Crippen LogP contribution in [0.2, 0.25) is 5.02 Å². The summed E-state index contributed by atoms with van der Waals surface area (Å²) >= 11 is 6.46. The molecule has 1 aromatic heterocycles. The molecule has 2 aliphatic heterocycles. The Hall–Kier alpha value is -4.25. The molecule has 2 saturated carbocycles. The highest BCUT2D eigenvalue weighted by Gasteiger charge is 2.63. The number of hydrogen-bond donors (Lipinski definition) is 3. The zero-order valence-corrected chi connectivity index (χ0v) is 36.0. The molecule has 3 heterocycles. The second-order valence-corrected chi connectivity index (χ2v) is 20.1. The number of nitrogens with zero attached hydrogens (tertiary/aromatic N) is 3. The number of methoxy groups -OCH3 is 1. The number of amides is 4. The first-order valence-corrected chi connectivity index (χ1v) is 21.9. The first-order chi connectivity index (χ1) is 27.5. The summed E-state index contributed by atoms with van der Waals surface area (Å²) in [5.41, 5.74) is -4.06. The molecule has 7 atom stereocenters. The van der Waals surface area contributed by atoms with E-state index in [0.29, 0.717) is 60.4 Å². The number of carbonyl (C=O) groups excluding carboxylic acids is 3. The van der Waals surface area contributed by atoms with Crippen LogP contribution < -0.4 is 19.5 Å². The second-order valence-electron chi connectivity index (χ2n) is 17.5. The molecule has 14 nitrogen and oxygen atoms in total. The Kier molecular flexibility index (Phi) is 12.0. The number of rotatable bonds is 10. The van der Waals surface area contributed by atoms with Gasteiger partial charge in [0.05, 0.1) is 23.4 Å². The fourth-order valence-electron chi connectivity index (χ4n) is 8.40. The maximum atomic E-state index is 15.5. The molecule has 324 valence electrons. The molecule has 0 unspecified atom stereocenters. The number of hydrogen-bond acceptors (Lipinski definition) is 9. The minimum absolute atomic E-state index is 0.0840. The Morgan fingerprint density at radius 1 is 1.19 bits per heavy atom. The van der Waals surface area contributed by atoms with Crippen molar-refractivity contribution in [1.82, 2.24) is 24.8 Å². The van der Waals surface area contributed by atoms with Crippen LogP contribution in [0.25, 0.3) is 10.8 Å². The highest BCUT2D eigenvalue weighted by molar-refractivity contribution is 7.91. The van der Waals surface area contributed by atoms with E-state index in [1.165, 1.54) is 20.2 Å². The normalized spacial score (nSPS) is 28.7. The number of alkyl halides is 2. The van der Waals surface area contributed by atoms with Crippen LogP contribution >= 0.6 is 11.6 Å². The highest BCUT2D eigenvalue weighted by atomic mass is 35.5. The molecule has 0 spiro atoms. The van der Waals surface area contributed by atoms with Crippen LogP contribution in [0.4, 0.5) is 13.6 Å². The maximum absolute atomic E-state index is 15.5. The standard InChI is InChI=1S/C41H54ClF2N5O9S/c1-8-24-17-23(2)11-9-10-12-26-21-41(26,36(52)47-59(55,56)39(5)14-15-39)46-33(50)30-19-27(58-34-28-20-29(42)31(57-7)18-25(28)13-16-45-34)22-48(30)35(51)32(24)49(37(53)54)38(3,4)40(6,43)44/h10,12-13,16,18,20,23-24,26-27,30,32H,8-9,11,14-15,17,19,21-22H2,1-7H3,(H,46,50)(H,47,52)(H,53,54)/t23-,24+,26+,27+,30-,32-,41+/m0/s1. The summed E-state index contributed by atoms with van der Waals surface area (Å²) < 4.78 is 70.3. The van der Waals surface area contributed by atoms with E-state index in [9.17, 15) is 27.9 Å². The lowest BCUT2D eigenvalue weighted by Crippen LogP contribution is -2.67. The summed E-state index contributed by atoms with van der Waals surface area (Å²) in [5, 5.41) is 14.9. The summed E-state index contributed by atoms with van der Waals surface area (Å²) in [5.74, 6) is -7.10. The van der Waals surface area contributed by atoms with E-state index in [-0.39, 0.29) is 42.6 Å². The quantitative estimate of drug-likeness (QED) is 0.229. The predicted octanol–water partition coefficient (Wildman–Crippen LogP) is 6.30. The smallest absolute Gasteiger partial charge is 0.408 e. The molecule has 59 heavy (non-hydrogen) atoms. The van der Waals surface area contributed by atoms with E-state index in [2.05, 4.69) is 15.0 Å². The minimum atomic E-state index is -4.10. The van der Waals surface area contributed by atoms with Gasteiger partial charge in [0.25, 0.3) is 11.8 Å². The number of halogens is 3. The molecule has 2 aliphatic carbocycles. The lowest BCUT2D eigenvalue weighted by Gasteiger charge is -2.47. The molecule has 4 aliphatic rings. The summed E-state index contributed by atoms with van der Waals surface area (Å²) in [4.78, 5) is 63.2. The summed E-state index contributed by atoms with van der Waals surface area (Å²) in [7, 11) is -2.63. The Bertz CT molecular complexity index is 2150. The molecule has 4 amide bonds. The molecule has 0 bridgehead atoms. The van der Waals surface area contributed by atoms with Gasteiger partial charge >= 0.3 is 6.09 Å². The molecule has 3 N–H and O–H groups in total. The molecular formula is C41H54ClF2N5O9S. The van der Waals surface area contributed by atoms with Gasteiger partial charge in [-0.1, -0.05) is 44.0 Å². The first kappa shape index (κ1) is 44.3. The highest BCUT2D eigenvalue weighted by Crippen LogP contribution is 2.48. The molecule has 1 saturated heterocycles. The third-order valence-corrected chi connectivity index (χ3v) is 15.5. The van der Waals surface area contributed by atoms with Gasteiger partial charge in [-0.25, -0.2) is 27.0 Å². The van der Waals surface area contributed by atoms with Gasteiger partial charge in [-0.15, -0.1) is 0 Å². The minimum Gasteiger partial charge on any atom is -0.495 e. The molecule has 0 radical (unpaired) electrons. The van der Waals surface area contributed by atoms with Gasteiger partial charge in [-0.2, -0.15) is 0 Å². The Morgan fingerprint density at radius 3 is 2.49 bits per heavy atom. The van der Waals surface area contributed by atoms with Crippen LogP contribution in [-0.2, 0) is 24.4 Å². The fourth-order valence-corrected chi connectivity index (χ4v) is 9.95. The monoisotopic (exact) mass is 865 g/mol. The molecule has 18 heteroatoms. The van der Waals surface area contributed by atoms with Gasteiger partial charge < -0.3 is 24.8 Å². The van der Waals surface area contributed by atoms with Crippen molar-refractivity contribution in [2.75, 3.05) is 13.7 Å². The van der Waals surface area contributed by atoms with Crippen LogP contribution in [0.15, 0.2) is 36.5 Å². The van der Waals surface area contributed by atoms with Gasteiger partial charge in [-0.05, 0) is 94.7 Å². The maximum Gasteiger partial charge on any atom is 0.408 e. The van der Waals surface area contributed by atoms with Gasteiger partial charge in [0.2, 0.25) is 27.7 Å². The van der Waals surface area contributed by atoms with Crippen LogP contribution in [0.3, 0.4) is 0 Å². The van der Waals surface area contributed by atoms with E-state index in [1.54, 1.807) is 31.2 Å². The lowest BCUT2D eigenvalue weighted by molar-refractivity contribution is -0.157. The molecular weight excluding hydrogens is 812 g/mol. The molecule has 1 aromatic carbocycles. The number of fused-ring (bicyclic) bond motifs is 3. The van der Waals surface area contributed by atoms with E-state index < -0.39 is 85.6 Å². The number of ether oxygens (including phenoxy) is 2. The number of sulfonamides is 1. The fraction of sp³-hybridized carbons (Fsp3) is 0.634. The SMILES string of the molecule is CC[C@@H]1C[C@@H](C)CCC=C[C@@H]2C[C@@]2(C(=O)NS(=O)(=O)C2(C)CC2)NC(=O)[C@@H]2C[C@@H](Oc3nccc4cc(OC)c(Cl)cc34)CN2C(=O)[C@H]1N(C(=O)O)C(C)(C)C(C)(F)F. The second kappa shape index (κ2) is 16.0. The number of nitrogens with one attached hydrogen (secondary N) is 2. The van der Waals surface area contributed by atoms with Gasteiger partial charge in [0, 0.05) is 30.8 Å². The van der Waals surface area contributed by atoms with Crippen molar-refractivity contribution in [2.45, 2.75) is 133 Å². The van der Waals surface area contributed by atoms with Crippen LogP contribution in [0, 0.1) is 17.8 Å². The predicted molar refractivity (Wildman–Crippen MR) is 216 cm³/mol. The van der Waals surface area contributed by atoms with E-state index >= 15 is 13.6 Å². The summed E-state index contributed by atoms with van der Waals surface area (Å²) in [6.07, 6.45) is 4.77. The number of carbonyl (C=O) groups is 4. The van der Waals surface area contributed by atoms with E-state index in [0.717, 1.165) is 18.7 Å². The van der Waals surface area contributed by atoms with Crippen molar-refractivity contribution in [3.05, 3.63) is 41.6 Å².